The van der Waals surface area contributed by atoms with E-state index in [-0.39, 0.29) is 0 Å². The summed E-state index contributed by atoms with van der Waals surface area (Å²) in [7, 11) is 1.29. The van der Waals surface area contributed by atoms with Gasteiger partial charge in [-0.2, -0.15) is 0 Å². The number of sulfonamides is 1. The molecule has 0 unspecified atom stereocenters. The van der Waals surface area contributed by atoms with Crippen LogP contribution in [0, 0.1) is 0 Å². The lowest BCUT2D eigenvalue weighted by Gasteiger charge is -2.16. The zero-order chi connectivity index (χ0) is 18.3. The second-order valence-electron chi connectivity index (χ2n) is 5.58. The van der Waals surface area contributed by atoms with E-state index in [0.29, 0.717) is 23.0 Å². The molecule has 136 valence electrons. The summed E-state index contributed by atoms with van der Waals surface area (Å²) >= 11 is 1.73. The summed E-state index contributed by atoms with van der Waals surface area (Å²) in [4.78, 5) is 5.80. The lowest BCUT2D eigenvalue weighted by Crippen LogP contribution is -2.38. The Morgan fingerprint density at radius 1 is 1.16 bits per heavy atom. The lowest BCUT2D eigenvalue weighted by molar-refractivity contribution is 0.519. The second-order valence-corrected chi connectivity index (χ2v) is 8.73. The normalized spacial score (nSPS) is 12.4. The van der Waals surface area contributed by atoms with Gasteiger partial charge in [-0.15, -0.1) is 11.3 Å². The van der Waals surface area contributed by atoms with E-state index in [4.69, 9.17) is 0 Å². The highest BCUT2D eigenvalue weighted by Crippen LogP contribution is 2.18. The molecule has 0 spiro atoms. The van der Waals surface area contributed by atoms with Crippen molar-refractivity contribution in [1.82, 2.24) is 14.9 Å². The van der Waals surface area contributed by atoms with Crippen molar-refractivity contribution in [2.24, 2.45) is 4.99 Å². The van der Waals surface area contributed by atoms with Crippen LogP contribution in [0.3, 0.4) is 0 Å². The van der Waals surface area contributed by atoms with Crippen molar-refractivity contribution >= 4 is 27.3 Å². The van der Waals surface area contributed by atoms with Gasteiger partial charge in [0.1, 0.15) is 0 Å². The quantitative estimate of drug-likeness (QED) is 0.568. The van der Waals surface area contributed by atoms with E-state index in [2.05, 4.69) is 27.1 Å². The number of hydrogen-bond acceptors (Lipinski definition) is 4. The van der Waals surface area contributed by atoms with Gasteiger partial charge in [-0.05, 0) is 29.5 Å². The summed E-state index contributed by atoms with van der Waals surface area (Å²) in [6, 6.07) is 11.1. The minimum Gasteiger partial charge on any atom is -0.356 e. The lowest BCUT2D eigenvalue weighted by atomic mass is 10.2. The molecule has 0 saturated heterocycles. The van der Waals surface area contributed by atoms with Crippen molar-refractivity contribution in [3.8, 4) is 0 Å². The predicted octanol–water partition coefficient (Wildman–Crippen LogP) is 1.91. The summed E-state index contributed by atoms with van der Waals surface area (Å²) in [5.74, 6) is 0.647. The molecule has 2 aromatic rings. The molecule has 1 aromatic heterocycles. The van der Waals surface area contributed by atoms with Crippen molar-refractivity contribution in [3.63, 3.8) is 0 Å². The van der Waals surface area contributed by atoms with Crippen LogP contribution in [0.1, 0.15) is 10.4 Å². The molecule has 0 atom stereocenters. The minimum atomic E-state index is -3.47. The van der Waals surface area contributed by atoms with Crippen LogP contribution in [0.2, 0.25) is 0 Å². The molecule has 0 fully saturated rings. The van der Waals surface area contributed by atoms with Crippen molar-refractivity contribution in [2.75, 3.05) is 27.7 Å². The molecular weight excluding hydrogens is 356 g/mol. The summed E-state index contributed by atoms with van der Waals surface area (Å²) in [6.07, 6.45) is 0.921. The smallest absolute Gasteiger partial charge is 0.242 e. The van der Waals surface area contributed by atoms with Crippen LogP contribution >= 0.6 is 11.3 Å². The Kier molecular flexibility index (Phi) is 6.98. The maximum Gasteiger partial charge on any atom is 0.242 e. The first-order chi connectivity index (χ1) is 11.9. The van der Waals surface area contributed by atoms with Crippen LogP contribution in [-0.4, -0.2) is 46.4 Å². The first kappa shape index (κ1) is 19.4. The molecule has 25 heavy (non-hydrogen) atoms. The Bertz CT molecular complexity index is 800. The van der Waals surface area contributed by atoms with Crippen LogP contribution in [0.5, 0.6) is 0 Å². The molecule has 0 amide bonds. The fourth-order valence-corrected chi connectivity index (χ4v) is 4.08. The number of benzene rings is 1. The van der Waals surface area contributed by atoms with E-state index in [1.807, 2.05) is 18.2 Å². The van der Waals surface area contributed by atoms with Crippen molar-refractivity contribution in [2.45, 2.75) is 17.9 Å². The molecule has 8 heteroatoms. The fraction of sp³-hybridized carbons (Fsp3) is 0.353. The maximum absolute atomic E-state index is 12.4. The third-order valence-corrected chi connectivity index (χ3v) is 6.50. The number of aliphatic imine (C=N–C) groups is 1. The number of nitrogens with zero attached hydrogens (tertiary/aromatic N) is 2. The average Bonchev–Trinajstić information content (AvgIpc) is 3.11. The van der Waals surface area contributed by atoms with Crippen molar-refractivity contribution in [1.29, 1.82) is 0 Å². The molecule has 6 nitrogen and oxygen atoms in total. The molecule has 1 aromatic carbocycles. The van der Waals surface area contributed by atoms with E-state index in [1.54, 1.807) is 30.5 Å². The number of nitrogens with one attached hydrogen (secondary N) is 2. The van der Waals surface area contributed by atoms with Gasteiger partial charge in [-0.25, -0.2) is 12.7 Å². The summed E-state index contributed by atoms with van der Waals surface area (Å²) < 4.78 is 26.1. The van der Waals surface area contributed by atoms with Gasteiger partial charge in [0.15, 0.2) is 5.96 Å². The Balaban J connectivity index is 1.98. The number of hydrogen-bond donors (Lipinski definition) is 2. The van der Waals surface area contributed by atoms with E-state index in [9.17, 15) is 8.42 Å². The average molecular weight is 381 g/mol. The summed E-state index contributed by atoms with van der Waals surface area (Å²) in [5, 5.41) is 8.48. The second kappa shape index (κ2) is 8.98. The highest BCUT2D eigenvalue weighted by atomic mass is 32.2. The van der Waals surface area contributed by atoms with Crippen LogP contribution in [-0.2, 0) is 23.0 Å². The molecule has 0 aliphatic carbocycles. The number of guanidine groups is 1. The van der Waals surface area contributed by atoms with Crippen LogP contribution in [0.4, 0.5) is 0 Å². The molecule has 0 aliphatic heterocycles. The predicted molar refractivity (Wildman–Crippen MR) is 104 cm³/mol. The van der Waals surface area contributed by atoms with Gasteiger partial charge in [0.05, 0.1) is 4.90 Å². The monoisotopic (exact) mass is 380 g/mol. The van der Waals surface area contributed by atoms with Crippen molar-refractivity contribution in [3.05, 3.63) is 52.2 Å². The van der Waals surface area contributed by atoms with Gasteiger partial charge in [0, 0.05) is 39.1 Å². The zero-order valence-corrected chi connectivity index (χ0v) is 16.3. The summed E-state index contributed by atoms with van der Waals surface area (Å²) in [6.45, 7) is 1.14. The third kappa shape index (κ3) is 5.29. The van der Waals surface area contributed by atoms with E-state index >= 15 is 0 Å². The van der Waals surface area contributed by atoms with Gasteiger partial charge in [0.25, 0.3) is 0 Å². The molecular formula is C17H24N4O2S2. The number of thiophene rings is 1. The van der Waals surface area contributed by atoms with Crippen LogP contribution < -0.4 is 10.6 Å². The molecule has 2 N–H and O–H groups in total. The molecule has 0 saturated carbocycles. The topological polar surface area (TPSA) is 73.8 Å². The highest BCUT2D eigenvalue weighted by molar-refractivity contribution is 7.89. The Hall–Kier alpha value is -1.90. The van der Waals surface area contributed by atoms with Gasteiger partial charge < -0.3 is 10.6 Å². The van der Waals surface area contributed by atoms with E-state index in [1.165, 1.54) is 23.3 Å². The highest BCUT2D eigenvalue weighted by Gasteiger charge is 2.20. The first-order valence-electron chi connectivity index (χ1n) is 7.92. The molecule has 0 radical (unpaired) electrons. The molecule has 1 heterocycles. The van der Waals surface area contributed by atoms with Crippen LogP contribution in [0.25, 0.3) is 0 Å². The Morgan fingerprint density at radius 2 is 1.92 bits per heavy atom. The van der Waals surface area contributed by atoms with E-state index < -0.39 is 10.0 Å². The maximum atomic E-state index is 12.4. The Morgan fingerprint density at radius 3 is 2.56 bits per heavy atom. The largest absolute Gasteiger partial charge is 0.356 e. The zero-order valence-electron chi connectivity index (χ0n) is 14.7. The summed E-state index contributed by atoms with van der Waals surface area (Å²) in [5.41, 5.74) is 0.706. The Labute approximate surface area is 153 Å². The van der Waals surface area contributed by atoms with Gasteiger partial charge in [0.2, 0.25) is 10.0 Å². The van der Waals surface area contributed by atoms with Gasteiger partial charge in [-0.3, -0.25) is 4.99 Å². The van der Waals surface area contributed by atoms with Gasteiger partial charge in [-0.1, -0.05) is 24.3 Å². The van der Waals surface area contributed by atoms with Crippen molar-refractivity contribution < 1.29 is 8.42 Å². The SMILES string of the molecule is CN=C(NCCc1cccs1)NCc1ccccc1S(=O)(=O)N(C)C. The van der Waals surface area contributed by atoms with E-state index in [0.717, 1.165) is 13.0 Å². The molecule has 0 bridgehead atoms. The molecule has 0 aliphatic rings. The standard InChI is InChI=1S/C17H24N4O2S2/c1-18-17(19-11-10-15-8-6-12-24-15)20-13-14-7-4-5-9-16(14)25(22,23)21(2)3/h4-9,12H,10-11,13H2,1-3H3,(H2,18,19,20). The van der Waals surface area contributed by atoms with Gasteiger partial charge >= 0.3 is 0 Å². The number of rotatable bonds is 7. The molecule has 2 rings (SSSR count). The fourth-order valence-electron chi connectivity index (χ4n) is 2.26. The minimum absolute atomic E-state index is 0.307. The third-order valence-electron chi connectivity index (χ3n) is 3.65. The van der Waals surface area contributed by atoms with Crippen LogP contribution in [0.15, 0.2) is 51.7 Å². The first-order valence-corrected chi connectivity index (χ1v) is 10.2.